The van der Waals surface area contributed by atoms with Gasteiger partial charge in [-0.2, -0.15) is 0 Å². The molecule has 0 radical (unpaired) electrons. The van der Waals surface area contributed by atoms with Crippen molar-refractivity contribution >= 4 is 16.7 Å². The number of rotatable bonds is 3. The van der Waals surface area contributed by atoms with Crippen molar-refractivity contribution in [2.45, 2.75) is 69.7 Å². The Balaban J connectivity index is 1.64. The fourth-order valence-corrected chi connectivity index (χ4v) is 5.66. The second-order valence-corrected chi connectivity index (χ2v) is 8.97. The molecule has 5 rings (SSSR count). The van der Waals surface area contributed by atoms with Crippen molar-refractivity contribution in [2.24, 2.45) is 0 Å². The Hall–Kier alpha value is -2.29. The van der Waals surface area contributed by atoms with Crippen LogP contribution in [0, 0.1) is 0 Å². The molecule has 152 valence electrons. The number of aromatic nitrogens is 2. The Bertz CT molecular complexity index is 929. The van der Waals surface area contributed by atoms with Gasteiger partial charge in [0.05, 0.1) is 23.1 Å². The number of hydrogen-bond donors (Lipinski definition) is 0. The van der Waals surface area contributed by atoms with Crippen LogP contribution in [0.2, 0.25) is 0 Å². The third kappa shape index (κ3) is 3.45. The molecule has 3 aromatic rings. The number of hydrogen-bond acceptors (Lipinski definition) is 2. The Morgan fingerprint density at radius 1 is 0.690 bits per heavy atom. The van der Waals surface area contributed by atoms with Crippen LogP contribution < -0.4 is 4.90 Å². The minimum absolute atomic E-state index is 0.0248. The van der Waals surface area contributed by atoms with Gasteiger partial charge < -0.3 is 9.47 Å². The maximum Gasteiger partial charge on any atom is 0.112 e. The van der Waals surface area contributed by atoms with Gasteiger partial charge in [0.15, 0.2) is 0 Å². The zero-order chi connectivity index (χ0) is 19.5. The molecule has 0 spiro atoms. The molecule has 1 saturated heterocycles. The Morgan fingerprint density at radius 2 is 1.38 bits per heavy atom. The summed E-state index contributed by atoms with van der Waals surface area (Å²) >= 11 is 0. The second-order valence-electron chi connectivity index (χ2n) is 8.97. The smallest absolute Gasteiger partial charge is 0.112 e. The van der Waals surface area contributed by atoms with E-state index in [1.165, 1.54) is 86.5 Å². The van der Waals surface area contributed by atoms with E-state index in [4.69, 9.17) is 4.98 Å². The molecule has 3 nitrogen and oxygen atoms in total. The van der Waals surface area contributed by atoms with Crippen molar-refractivity contribution in [1.29, 1.82) is 0 Å². The van der Waals surface area contributed by atoms with Crippen LogP contribution in [-0.2, 0) is 5.54 Å². The molecule has 2 fully saturated rings. The second kappa shape index (κ2) is 8.22. The average Bonchev–Trinajstić information content (AvgIpc) is 3.20. The van der Waals surface area contributed by atoms with Crippen molar-refractivity contribution in [2.75, 3.05) is 18.0 Å². The SMILES string of the molecule is c1ccc(C2(n3cnc4c(N5CCCCC5)cccc43)CCCCCCC2)cc1. The lowest BCUT2D eigenvalue weighted by molar-refractivity contribution is 0.272. The van der Waals surface area contributed by atoms with Gasteiger partial charge in [-0.25, -0.2) is 4.98 Å². The van der Waals surface area contributed by atoms with E-state index in [2.05, 4.69) is 64.3 Å². The van der Waals surface area contributed by atoms with Crippen molar-refractivity contribution in [3.63, 3.8) is 0 Å². The number of piperidine rings is 1. The molecule has 2 aliphatic rings. The summed E-state index contributed by atoms with van der Waals surface area (Å²) in [6.07, 6.45) is 15.2. The summed E-state index contributed by atoms with van der Waals surface area (Å²) in [4.78, 5) is 7.57. The van der Waals surface area contributed by atoms with Crippen LogP contribution in [0.1, 0.15) is 69.8 Å². The van der Waals surface area contributed by atoms with Crippen LogP contribution in [-0.4, -0.2) is 22.6 Å². The fourth-order valence-electron chi connectivity index (χ4n) is 5.66. The van der Waals surface area contributed by atoms with E-state index in [0.717, 1.165) is 13.1 Å². The average molecular weight is 388 g/mol. The molecule has 29 heavy (non-hydrogen) atoms. The quantitative estimate of drug-likeness (QED) is 0.510. The summed E-state index contributed by atoms with van der Waals surface area (Å²) in [6.45, 7) is 2.33. The number of fused-ring (bicyclic) bond motifs is 1. The first-order valence-electron chi connectivity index (χ1n) is 11.7. The summed E-state index contributed by atoms with van der Waals surface area (Å²) in [5.74, 6) is 0. The van der Waals surface area contributed by atoms with E-state index >= 15 is 0 Å². The third-order valence-electron chi connectivity index (χ3n) is 7.21. The van der Waals surface area contributed by atoms with Crippen LogP contribution in [0.5, 0.6) is 0 Å². The molecule has 2 aromatic carbocycles. The van der Waals surface area contributed by atoms with E-state index in [-0.39, 0.29) is 5.54 Å². The minimum atomic E-state index is 0.0248. The lowest BCUT2D eigenvalue weighted by Gasteiger charge is -2.38. The zero-order valence-corrected chi connectivity index (χ0v) is 17.5. The molecule has 0 atom stereocenters. The van der Waals surface area contributed by atoms with Crippen molar-refractivity contribution in [1.82, 2.24) is 9.55 Å². The van der Waals surface area contributed by atoms with Gasteiger partial charge in [-0.3, -0.25) is 0 Å². The third-order valence-corrected chi connectivity index (χ3v) is 7.21. The molecule has 0 N–H and O–H groups in total. The molecule has 0 unspecified atom stereocenters. The van der Waals surface area contributed by atoms with Crippen LogP contribution in [0.4, 0.5) is 5.69 Å². The monoisotopic (exact) mass is 387 g/mol. The predicted octanol–water partition coefficient (Wildman–Crippen LogP) is 6.51. The summed E-state index contributed by atoms with van der Waals surface area (Å²) in [5.41, 5.74) is 5.29. The lowest BCUT2D eigenvalue weighted by atomic mass is 9.78. The Kier molecular flexibility index (Phi) is 5.30. The van der Waals surface area contributed by atoms with E-state index < -0.39 is 0 Å². The van der Waals surface area contributed by atoms with E-state index in [1.54, 1.807) is 0 Å². The van der Waals surface area contributed by atoms with Gasteiger partial charge in [0.25, 0.3) is 0 Å². The first-order valence-corrected chi connectivity index (χ1v) is 11.7. The molecule has 0 amide bonds. The molecule has 0 bridgehead atoms. The largest absolute Gasteiger partial charge is 0.370 e. The topological polar surface area (TPSA) is 21.1 Å². The highest BCUT2D eigenvalue weighted by atomic mass is 15.2. The molecule has 1 aliphatic heterocycles. The summed E-state index contributed by atoms with van der Waals surface area (Å²) in [5, 5.41) is 0. The van der Waals surface area contributed by atoms with Crippen LogP contribution >= 0.6 is 0 Å². The highest BCUT2D eigenvalue weighted by Crippen LogP contribution is 2.42. The molecule has 1 aromatic heterocycles. The molecule has 3 heteroatoms. The molecule has 2 heterocycles. The number of imidazole rings is 1. The van der Waals surface area contributed by atoms with Gasteiger partial charge in [-0.1, -0.05) is 68.5 Å². The maximum atomic E-state index is 5.01. The first-order chi connectivity index (χ1) is 14.4. The lowest BCUT2D eigenvalue weighted by Crippen LogP contribution is -2.35. The fraction of sp³-hybridized carbons (Fsp3) is 0.500. The summed E-state index contributed by atoms with van der Waals surface area (Å²) in [7, 11) is 0. The number of nitrogens with zero attached hydrogens (tertiary/aromatic N) is 3. The van der Waals surface area contributed by atoms with Crippen LogP contribution in [0.15, 0.2) is 54.9 Å². The van der Waals surface area contributed by atoms with E-state index in [9.17, 15) is 0 Å². The van der Waals surface area contributed by atoms with Gasteiger partial charge in [0, 0.05) is 13.1 Å². The molecular formula is C26H33N3. The first kappa shape index (κ1) is 18.7. The molecule has 1 aliphatic carbocycles. The standard InChI is InChI=1S/C26H33N3/c1-2-8-17-26(18-9-3-1,22-13-6-4-7-14-22)29-21-27-25-23(15-12-16-24(25)29)28-19-10-5-11-20-28/h4,6-7,12-16,21H,1-3,5,8-11,17-20H2. The van der Waals surface area contributed by atoms with E-state index in [1.807, 2.05) is 0 Å². The normalized spacial score (nSPS) is 20.3. The minimum Gasteiger partial charge on any atom is -0.370 e. The molecule has 1 saturated carbocycles. The van der Waals surface area contributed by atoms with Gasteiger partial charge in [-0.15, -0.1) is 0 Å². The zero-order valence-electron chi connectivity index (χ0n) is 17.5. The molecular weight excluding hydrogens is 354 g/mol. The Labute approximate surface area is 174 Å². The predicted molar refractivity (Wildman–Crippen MR) is 122 cm³/mol. The van der Waals surface area contributed by atoms with Crippen LogP contribution in [0.25, 0.3) is 11.0 Å². The van der Waals surface area contributed by atoms with Crippen molar-refractivity contribution < 1.29 is 0 Å². The van der Waals surface area contributed by atoms with E-state index in [0.29, 0.717) is 0 Å². The highest BCUT2D eigenvalue weighted by Gasteiger charge is 2.35. The highest BCUT2D eigenvalue weighted by molar-refractivity contribution is 5.89. The van der Waals surface area contributed by atoms with Crippen molar-refractivity contribution in [3.05, 3.63) is 60.4 Å². The van der Waals surface area contributed by atoms with Gasteiger partial charge in [-0.05, 0) is 49.8 Å². The van der Waals surface area contributed by atoms with Gasteiger partial charge in [0.1, 0.15) is 5.52 Å². The maximum absolute atomic E-state index is 5.01. The number of anilines is 1. The number of para-hydroxylation sites is 1. The van der Waals surface area contributed by atoms with Gasteiger partial charge >= 0.3 is 0 Å². The number of benzene rings is 2. The summed E-state index contributed by atoms with van der Waals surface area (Å²) < 4.78 is 2.54. The van der Waals surface area contributed by atoms with Crippen molar-refractivity contribution in [3.8, 4) is 0 Å². The van der Waals surface area contributed by atoms with Crippen LogP contribution in [0.3, 0.4) is 0 Å². The Morgan fingerprint density at radius 3 is 2.14 bits per heavy atom. The summed E-state index contributed by atoms with van der Waals surface area (Å²) in [6, 6.07) is 18.0. The van der Waals surface area contributed by atoms with Gasteiger partial charge in [0.2, 0.25) is 0 Å².